The molecule has 2 rings (SSSR count). The molecule has 0 bridgehead atoms. The quantitative estimate of drug-likeness (QED) is 0.523. The zero-order valence-electron chi connectivity index (χ0n) is 9.65. The highest BCUT2D eigenvalue weighted by atomic mass is 32.2. The van der Waals surface area contributed by atoms with Crippen LogP contribution in [0.1, 0.15) is 17.9 Å². The highest BCUT2D eigenvalue weighted by molar-refractivity contribution is 7.79. The van der Waals surface area contributed by atoms with E-state index in [4.69, 9.17) is 4.55 Å². The lowest BCUT2D eigenvalue weighted by atomic mass is 10.1. The molecule has 0 aliphatic carbocycles. The van der Waals surface area contributed by atoms with E-state index >= 15 is 0 Å². The van der Waals surface area contributed by atoms with Gasteiger partial charge in [-0.15, -0.1) is 0 Å². The van der Waals surface area contributed by atoms with Crippen LogP contribution in [0.2, 0.25) is 0 Å². The molecule has 0 radical (unpaired) electrons. The summed E-state index contributed by atoms with van der Waals surface area (Å²) < 4.78 is 22.0. The maximum Gasteiger partial charge on any atom is 0.335 e. The summed E-state index contributed by atoms with van der Waals surface area (Å²) in [5.74, 6) is 0. The van der Waals surface area contributed by atoms with Crippen LogP contribution in [0.3, 0.4) is 0 Å². The van der Waals surface area contributed by atoms with Crippen molar-refractivity contribution in [3.05, 3.63) is 46.1 Å². The molecule has 2 aromatic rings. The number of aromatic nitrogens is 1. The predicted octanol–water partition coefficient (Wildman–Crippen LogP) is 2.16. The standard InChI is InChI=1S/C11H12N2O4S/c1-2-12-6-5-8-7-9(3-4-10(8)12)11(13(14)15)18(16)17/h3-7,11H,2H2,1H3,(H,16,17). The van der Waals surface area contributed by atoms with Gasteiger partial charge in [0.1, 0.15) is 0 Å². The number of hydrogen-bond acceptors (Lipinski definition) is 3. The summed E-state index contributed by atoms with van der Waals surface area (Å²) in [7, 11) is 0. The van der Waals surface area contributed by atoms with Crippen molar-refractivity contribution in [3.63, 3.8) is 0 Å². The number of nitro groups is 1. The van der Waals surface area contributed by atoms with Gasteiger partial charge in [0.25, 0.3) is 0 Å². The van der Waals surface area contributed by atoms with Gasteiger partial charge in [0.2, 0.25) is 11.1 Å². The van der Waals surface area contributed by atoms with E-state index in [-0.39, 0.29) is 5.56 Å². The molecule has 18 heavy (non-hydrogen) atoms. The van der Waals surface area contributed by atoms with E-state index in [1.54, 1.807) is 12.1 Å². The fourth-order valence-corrected chi connectivity index (χ4v) is 2.49. The van der Waals surface area contributed by atoms with Gasteiger partial charge in [-0.25, -0.2) is 4.21 Å². The number of nitrogens with zero attached hydrogens (tertiary/aromatic N) is 2. The average Bonchev–Trinajstić information content (AvgIpc) is 2.70. The fourth-order valence-electron chi connectivity index (χ4n) is 1.96. The van der Waals surface area contributed by atoms with Crippen molar-refractivity contribution in [1.82, 2.24) is 4.57 Å². The first-order valence-electron chi connectivity index (χ1n) is 5.36. The average molecular weight is 268 g/mol. The molecule has 7 heteroatoms. The van der Waals surface area contributed by atoms with Crippen LogP contribution in [0.4, 0.5) is 0 Å². The normalized spacial score (nSPS) is 14.6. The van der Waals surface area contributed by atoms with Crippen LogP contribution in [0.5, 0.6) is 0 Å². The second-order valence-electron chi connectivity index (χ2n) is 3.83. The molecule has 2 unspecified atom stereocenters. The first-order chi connectivity index (χ1) is 8.54. The lowest BCUT2D eigenvalue weighted by molar-refractivity contribution is -0.502. The first kappa shape index (κ1) is 12.7. The molecule has 96 valence electrons. The smallest absolute Gasteiger partial charge is 0.335 e. The SMILES string of the molecule is CCn1ccc2cc(C([N+](=O)[O-])S(=O)O)ccc21. The van der Waals surface area contributed by atoms with Gasteiger partial charge >= 0.3 is 5.37 Å². The Kier molecular flexibility index (Phi) is 3.44. The minimum Gasteiger partial charge on any atom is -0.348 e. The Labute approximate surface area is 106 Å². The molecular formula is C11H12N2O4S. The molecule has 0 aliphatic heterocycles. The van der Waals surface area contributed by atoms with E-state index in [0.717, 1.165) is 17.4 Å². The molecule has 1 N–H and O–H groups in total. The van der Waals surface area contributed by atoms with Crippen molar-refractivity contribution >= 4 is 22.0 Å². The maximum atomic E-state index is 11.0. The van der Waals surface area contributed by atoms with Gasteiger partial charge in [-0.1, -0.05) is 0 Å². The monoisotopic (exact) mass is 268 g/mol. The van der Waals surface area contributed by atoms with Crippen molar-refractivity contribution in [2.75, 3.05) is 0 Å². The second-order valence-corrected chi connectivity index (χ2v) is 4.83. The summed E-state index contributed by atoms with van der Waals surface area (Å²) in [5, 5.41) is 10.0. The molecule has 1 aromatic heterocycles. The van der Waals surface area contributed by atoms with Crippen LogP contribution in [0.25, 0.3) is 10.9 Å². The van der Waals surface area contributed by atoms with Crippen LogP contribution in [-0.4, -0.2) is 18.3 Å². The zero-order valence-corrected chi connectivity index (χ0v) is 10.5. The third kappa shape index (κ3) is 2.14. The predicted molar refractivity (Wildman–Crippen MR) is 68.1 cm³/mol. The van der Waals surface area contributed by atoms with Crippen LogP contribution in [0.15, 0.2) is 30.5 Å². The highest BCUT2D eigenvalue weighted by Crippen LogP contribution is 2.25. The number of aryl methyl sites for hydroxylation is 1. The summed E-state index contributed by atoms with van der Waals surface area (Å²) >= 11 is -2.53. The summed E-state index contributed by atoms with van der Waals surface area (Å²) in [6.07, 6.45) is 1.88. The summed E-state index contributed by atoms with van der Waals surface area (Å²) in [4.78, 5) is 10.0. The molecule has 0 spiro atoms. The Morgan fingerprint density at radius 2 is 2.22 bits per heavy atom. The van der Waals surface area contributed by atoms with Crippen LogP contribution >= 0.6 is 0 Å². The van der Waals surface area contributed by atoms with E-state index in [9.17, 15) is 14.3 Å². The van der Waals surface area contributed by atoms with Gasteiger partial charge in [-0.3, -0.25) is 10.1 Å². The van der Waals surface area contributed by atoms with Gasteiger partial charge in [0.15, 0.2) is 0 Å². The lowest BCUT2D eigenvalue weighted by Crippen LogP contribution is -2.15. The highest BCUT2D eigenvalue weighted by Gasteiger charge is 2.29. The van der Waals surface area contributed by atoms with Crippen LogP contribution in [0, 0.1) is 10.1 Å². The third-order valence-corrected chi connectivity index (χ3v) is 3.63. The Balaban J connectivity index is 2.52. The Morgan fingerprint density at radius 1 is 1.50 bits per heavy atom. The summed E-state index contributed by atoms with van der Waals surface area (Å²) in [5.41, 5.74) is 1.19. The Bertz CT molecular complexity index is 609. The fraction of sp³-hybridized carbons (Fsp3) is 0.273. The van der Waals surface area contributed by atoms with E-state index in [0.29, 0.717) is 0 Å². The number of benzene rings is 1. The zero-order chi connectivity index (χ0) is 13.3. The molecule has 1 heterocycles. The molecule has 0 amide bonds. The molecular weight excluding hydrogens is 256 g/mol. The van der Waals surface area contributed by atoms with E-state index in [1.807, 2.05) is 23.8 Å². The Hall–Kier alpha value is -1.73. The van der Waals surface area contributed by atoms with E-state index in [2.05, 4.69) is 0 Å². The summed E-state index contributed by atoms with van der Waals surface area (Å²) in [6.45, 7) is 2.80. The van der Waals surface area contributed by atoms with Gasteiger partial charge in [0, 0.05) is 34.1 Å². The molecule has 6 nitrogen and oxygen atoms in total. The minimum absolute atomic E-state index is 0.238. The van der Waals surface area contributed by atoms with Gasteiger partial charge in [-0.2, -0.15) is 0 Å². The molecule has 1 aromatic carbocycles. The largest absolute Gasteiger partial charge is 0.348 e. The van der Waals surface area contributed by atoms with Gasteiger partial charge in [-0.05, 0) is 31.2 Å². The topological polar surface area (TPSA) is 85.4 Å². The van der Waals surface area contributed by atoms with E-state index < -0.39 is 21.4 Å². The Morgan fingerprint density at radius 3 is 2.78 bits per heavy atom. The van der Waals surface area contributed by atoms with Gasteiger partial charge < -0.3 is 9.12 Å². The first-order valence-corrected chi connectivity index (χ1v) is 6.53. The van der Waals surface area contributed by atoms with Gasteiger partial charge in [0.05, 0.1) is 0 Å². The lowest BCUT2D eigenvalue weighted by Gasteiger charge is -2.06. The van der Waals surface area contributed by atoms with Crippen molar-refractivity contribution in [2.45, 2.75) is 18.8 Å². The maximum absolute atomic E-state index is 11.0. The molecule has 0 aliphatic rings. The molecule has 0 fully saturated rings. The van der Waals surface area contributed by atoms with Crippen molar-refractivity contribution in [1.29, 1.82) is 0 Å². The number of hydrogen-bond donors (Lipinski definition) is 1. The van der Waals surface area contributed by atoms with Crippen LogP contribution < -0.4 is 0 Å². The van der Waals surface area contributed by atoms with Crippen molar-refractivity contribution < 1.29 is 13.7 Å². The molecule has 0 saturated carbocycles. The van der Waals surface area contributed by atoms with Crippen molar-refractivity contribution in [3.8, 4) is 0 Å². The minimum atomic E-state index is -2.53. The second kappa shape index (κ2) is 4.87. The molecule has 2 atom stereocenters. The third-order valence-electron chi connectivity index (χ3n) is 2.80. The van der Waals surface area contributed by atoms with Crippen LogP contribution in [-0.2, 0) is 17.6 Å². The molecule has 0 saturated heterocycles. The van der Waals surface area contributed by atoms with Crippen molar-refractivity contribution in [2.24, 2.45) is 0 Å². The number of fused-ring (bicyclic) bond motifs is 1. The summed E-state index contributed by atoms with van der Waals surface area (Å²) in [6, 6.07) is 6.68. The van der Waals surface area contributed by atoms with E-state index in [1.165, 1.54) is 6.07 Å². The number of rotatable bonds is 4.